The number of hydrogen-bond acceptors (Lipinski definition) is 2. The summed E-state index contributed by atoms with van der Waals surface area (Å²) >= 11 is 0. The van der Waals surface area contributed by atoms with Crippen LogP contribution in [0.5, 0.6) is 0 Å². The smallest absolute Gasteiger partial charge is 0.323 e. The maximum absolute atomic E-state index is 12.0. The largest absolute Gasteiger partial charge is 0.480 e. The zero-order chi connectivity index (χ0) is 12.4. The number of carboxylic acids is 1. The highest BCUT2D eigenvalue weighted by Gasteiger charge is 2.37. The highest BCUT2D eigenvalue weighted by atomic mass is 16.4. The summed E-state index contributed by atoms with van der Waals surface area (Å²) in [4.78, 5) is 24.3. The SMILES string of the molecule is CC1CC1NC(=O)N(CC(=O)O)C1CCCC1. The van der Waals surface area contributed by atoms with Crippen LogP contribution < -0.4 is 5.32 Å². The van der Waals surface area contributed by atoms with Crippen LogP contribution in [0.25, 0.3) is 0 Å². The third-order valence-electron chi connectivity index (χ3n) is 3.75. The third kappa shape index (κ3) is 3.11. The fourth-order valence-corrected chi connectivity index (χ4v) is 2.49. The molecule has 2 rings (SSSR count). The molecule has 0 aromatic carbocycles. The second-order valence-electron chi connectivity index (χ2n) is 5.23. The molecule has 2 unspecified atom stereocenters. The molecular formula is C12H20N2O3. The average molecular weight is 240 g/mol. The van der Waals surface area contributed by atoms with Crippen molar-refractivity contribution in [3.8, 4) is 0 Å². The van der Waals surface area contributed by atoms with Gasteiger partial charge in [0.1, 0.15) is 6.54 Å². The molecule has 0 aliphatic heterocycles. The number of amides is 2. The van der Waals surface area contributed by atoms with Crippen LogP contribution in [0.1, 0.15) is 39.0 Å². The van der Waals surface area contributed by atoms with Crippen molar-refractivity contribution in [2.75, 3.05) is 6.54 Å². The molecule has 2 aliphatic carbocycles. The number of rotatable bonds is 4. The van der Waals surface area contributed by atoms with Gasteiger partial charge in [0.15, 0.2) is 0 Å². The van der Waals surface area contributed by atoms with E-state index in [1.165, 1.54) is 4.90 Å². The Kier molecular flexibility index (Phi) is 3.54. The Labute approximate surface area is 101 Å². The van der Waals surface area contributed by atoms with Gasteiger partial charge in [-0.25, -0.2) is 4.79 Å². The van der Waals surface area contributed by atoms with E-state index in [1.54, 1.807) is 0 Å². The van der Waals surface area contributed by atoms with Gasteiger partial charge in [-0.05, 0) is 25.2 Å². The van der Waals surface area contributed by atoms with Crippen LogP contribution in [0.4, 0.5) is 4.79 Å². The van der Waals surface area contributed by atoms with E-state index in [1.807, 2.05) is 0 Å². The van der Waals surface area contributed by atoms with Crippen LogP contribution in [0.2, 0.25) is 0 Å². The van der Waals surface area contributed by atoms with Crippen molar-refractivity contribution >= 4 is 12.0 Å². The molecule has 2 atom stereocenters. The molecular weight excluding hydrogens is 220 g/mol. The average Bonchev–Trinajstić information content (AvgIpc) is 2.79. The predicted octanol–water partition coefficient (Wildman–Crippen LogP) is 1.43. The Morgan fingerprint density at radius 3 is 2.41 bits per heavy atom. The normalized spacial score (nSPS) is 27.8. The Hall–Kier alpha value is -1.26. The summed E-state index contributed by atoms with van der Waals surface area (Å²) in [7, 11) is 0. The fourth-order valence-electron chi connectivity index (χ4n) is 2.49. The highest BCUT2D eigenvalue weighted by molar-refractivity contribution is 5.80. The van der Waals surface area contributed by atoms with Crippen molar-refractivity contribution in [1.29, 1.82) is 0 Å². The second-order valence-corrected chi connectivity index (χ2v) is 5.23. The first-order chi connectivity index (χ1) is 8.08. The van der Waals surface area contributed by atoms with Gasteiger partial charge in [-0.1, -0.05) is 19.8 Å². The van der Waals surface area contributed by atoms with Gasteiger partial charge in [0, 0.05) is 12.1 Å². The molecule has 0 bridgehead atoms. The molecule has 2 saturated carbocycles. The lowest BCUT2D eigenvalue weighted by Gasteiger charge is -2.27. The monoisotopic (exact) mass is 240 g/mol. The van der Waals surface area contributed by atoms with Crippen molar-refractivity contribution < 1.29 is 14.7 Å². The number of carbonyl (C=O) groups is 2. The van der Waals surface area contributed by atoms with Crippen LogP contribution in [0.3, 0.4) is 0 Å². The molecule has 0 heterocycles. The first-order valence-corrected chi connectivity index (χ1v) is 6.37. The summed E-state index contributed by atoms with van der Waals surface area (Å²) in [6, 6.07) is 0.161. The second kappa shape index (κ2) is 4.94. The van der Waals surface area contributed by atoms with Gasteiger partial charge in [-0.2, -0.15) is 0 Å². The van der Waals surface area contributed by atoms with Crippen molar-refractivity contribution in [3.63, 3.8) is 0 Å². The summed E-state index contributed by atoms with van der Waals surface area (Å²) in [5, 5.41) is 11.8. The lowest BCUT2D eigenvalue weighted by molar-refractivity contribution is -0.138. The lowest BCUT2D eigenvalue weighted by atomic mass is 10.2. The van der Waals surface area contributed by atoms with E-state index in [0.717, 1.165) is 32.1 Å². The number of carboxylic acid groups (broad SMARTS) is 1. The number of nitrogens with one attached hydrogen (secondary N) is 1. The van der Waals surface area contributed by atoms with E-state index in [4.69, 9.17) is 5.11 Å². The van der Waals surface area contributed by atoms with E-state index in [0.29, 0.717) is 5.92 Å². The molecule has 0 aromatic rings. The molecule has 5 heteroatoms. The topological polar surface area (TPSA) is 69.6 Å². The molecule has 2 aliphatic rings. The number of carbonyl (C=O) groups excluding carboxylic acids is 1. The molecule has 2 fully saturated rings. The van der Waals surface area contributed by atoms with Gasteiger partial charge in [0.2, 0.25) is 0 Å². The number of nitrogens with zero attached hydrogens (tertiary/aromatic N) is 1. The van der Waals surface area contributed by atoms with Gasteiger partial charge in [-0.15, -0.1) is 0 Å². The minimum atomic E-state index is -0.934. The van der Waals surface area contributed by atoms with Crippen molar-refractivity contribution in [2.45, 2.75) is 51.1 Å². The van der Waals surface area contributed by atoms with Crippen LogP contribution in [0.15, 0.2) is 0 Å². The summed E-state index contributed by atoms with van der Waals surface area (Å²) in [6.45, 7) is 1.90. The number of aliphatic carboxylic acids is 1. The lowest BCUT2D eigenvalue weighted by Crippen LogP contribution is -2.48. The number of hydrogen-bond donors (Lipinski definition) is 2. The van der Waals surface area contributed by atoms with E-state index < -0.39 is 5.97 Å². The van der Waals surface area contributed by atoms with E-state index >= 15 is 0 Å². The fraction of sp³-hybridized carbons (Fsp3) is 0.833. The Balaban J connectivity index is 1.92. The molecule has 2 amide bonds. The van der Waals surface area contributed by atoms with Gasteiger partial charge < -0.3 is 15.3 Å². The van der Waals surface area contributed by atoms with Gasteiger partial charge in [0.05, 0.1) is 0 Å². The van der Waals surface area contributed by atoms with Crippen LogP contribution in [-0.4, -0.2) is 40.6 Å². The van der Waals surface area contributed by atoms with E-state index in [9.17, 15) is 9.59 Å². The molecule has 2 N–H and O–H groups in total. The van der Waals surface area contributed by atoms with Crippen LogP contribution >= 0.6 is 0 Å². The van der Waals surface area contributed by atoms with Crippen LogP contribution in [-0.2, 0) is 4.79 Å². The zero-order valence-corrected chi connectivity index (χ0v) is 10.2. The molecule has 0 saturated heterocycles. The van der Waals surface area contributed by atoms with Crippen molar-refractivity contribution in [2.24, 2.45) is 5.92 Å². The Morgan fingerprint density at radius 2 is 1.94 bits per heavy atom. The minimum Gasteiger partial charge on any atom is -0.480 e. The number of urea groups is 1. The highest BCUT2D eigenvalue weighted by Crippen LogP contribution is 2.30. The Bertz CT molecular complexity index is 313. The molecule has 96 valence electrons. The van der Waals surface area contributed by atoms with E-state index in [2.05, 4.69) is 12.2 Å². The van der Waals surface area contributed by atoms with Crippen molar-refractivity contribution in [3.05, 3.63) is 0 Å². The summed E-state index contributed by atoms with van der Waals surface area (Å²) in [5.74, 6) is -0.398. The molecule has 0 spiro atoms. The minimum absolute atomic E-state index is 0.111. The third-order valence-corrected chi connectivity index (χ3v) is 3.75. The predicted molar refractivity (Wildman–Crippen MR) is 62.7 cm³/mol. The molecule has 0 radical (unpaired) electrons. The molecule has 5 nitrogen and oxygen atoms in total. The van der Waals surface area contributed by atoms with E-state index in [-0.39, 0.29) is 24.7 Å². The summed E-state index contributed by atoms with van der Waals surface area (Å²) in [6.07, 6.45) is 5.06. The first kappa shape index (κ1) is 12.2. The van der Waals surface area contributed by atoms with Gasteiger partial charge >= 0.3 is 12.0 Å². The zero-order valence-electron chi connectivity index (χ0n) is 10.2. The van der Waals surface area contributed by atoms with Crippen molar-refractivity contribution in [1.82, 2.24) is 10.2 Å². The van der Waals surface area contributed by atoms with Gasteiger partial charge in [0.25, 0.3) is 0 Å². The maximum Gasteiger partial charge on any atom is 0.323 e. The summed E-state index contributed by atoms with van der Waals surface area (Å²) in [5.41, 5.74) is 0. The Morgan fingerprint density at radius 1 is 1.35 bits per heavy atom. The summed E-state index contributed by atoms with van der Waals surface area (Å²) < 4.78 is 0. The first-order valence-electron chi connectivity index (χ1n) is 6.37. The molecule has 17 heavy (non-hydrogen) atoms. The quantitative estimate of drug-likeness (QED) is 0.781. The molecule has 0 aromatic heterocycles. The van der Waals surface area contributed by atoms with Gasteiger partial charge in [-0.3, -0.25) is 4.79 Å². The van der Waals surface area contributed by atoms with Crippen LogP contribution in [0, 0.1) is 5.92 Å². The standard InChI is InChI=1S/C12H20N2O3/c1-8-6-10(8)13-12(17)14(7-11(15)16)9-4-2-3-5-9/h8-10H,2-7H2,1H3,(H,13,17)(H,15,16). The maximum atomic E-state index is 12.0.